The second kappa shape index (κ2) is 8.42. The number of halogens is 1. The van der Waals surface area contributed by atoms with E-state index in [4.69, 9.17) is 14.6 Å². The second-order valence-corrected chi connectivity index (χ2v) is 4.06. The number of rotatable bonds is 8. The van der Waals surface area contributed by atoms with Crippen molar-refractivity contribution < 1.29 is 14.6 Å². The number of hydrogen-bond donors (Lipinski definition) is 1. The number of aliphatic hydroxyl groups is 1. The van der Waals surface area contributed by atoms with Crippen molar-refractivity contribution in [3.8, 4) is 11.5 Å². The van der Waals surface area contributed by atoms with Crippen molar-refractivity contribution >= 4 is 15.9 Å². The Balaban J connectivity index is 2.46. The van der Waals surface area contributed by atoms with E-state index < -0.39 is 0 Å². The molecule has 0 aliphatic carbocycles. The van der Waals surface area contributed by atoms with Crippen LogP contribution in [0.3, 0.4) is 0 Å². The van der Waals surface area contributed by atoms with Crippen molar-refractivity contribution in [2.24, 2.45) is 0 Å². The van der Waals surface area contributed by atoms with E-state index in [1.165, 1.54) is 0 Å². The van der Waals surface area contributed by atoms with Gasteiger partial charge in [0.25, 0.3) is 0 Å². The summed E-state index contributed by atoms with van der Waals surface area (Å²) in [6, 6.07) is 7.59. The van der Waals surface area contributed by atoms with Gasteiger partial charge in [-0.3, -0.25) is 0 Å². The topological polar surface area (TPSA) is 38.7 Å². The van der Waals surface area contributed by atoms with Crippen LogP contribution in [0, 0.1) is 0 Å². The lowest BCUT2D eigenvalue weighted by Gasteiger charge is -2.11. The van der Waals surface area contributed by atoms with Crippen LogP contribution in [0.25, 0.3) is 0 Å². The lowest BCUT2D eigenvalue weighted by atomic mass is 10.3. The molecule has 0 aliphatic rings. The normalized spacial score (nSPS) is 10.1. The van der Waals surface area contributed by atoms with Gasteiger partial charge in [0.05, 0.1) is 13.2 Å². The molecule has 0 bridgehead atoms. The van der Waals surface area contributed by atoms with Gasteiger partial charge in [-0.05, 0) is 18.6 Å². The van der Waals surface area contributed by atoms with E-state index in [-0.39, 0.29) is 6.61 Å². The van der Waals surface area contributed by atoms with Gasteiger partial charge < -0.3 is 14.6 Å². The minimum Gasteiger partial charge on any atom is -0.490 e. The fourth-order valence-electron chi connectivity index (χ4n) is 1.17. The van der Waals surface area contributed by atoms with Gasteiger partial charge in [0.2, 0.25) is 0 Å². The van der Waals surface area contributed by atoms with Crippen molar-refractivity contribution in [3.63, 3.8) is 0 Å². The summed E-state index contributed by atoms with van der Waals surface area (Å²) in [7, 11) is 0. The average molecular weight is 289 g/mol. The highest BCUT2D eigenvalue weighted by Crippen LogP contribution is 2.26. The monoisotopic (exact) mass is 288 g/mol. The number of hydrogen-bond acceptors (Lipinski definition) is 3. The van der Waals surface area contributed by atoms with Crippen LogP contribution in [-0.4, -0.2) is 30.3 Å². The van der Waals surface area contributed by atoms with Gasteiger partial charge in [0.1, 0.15) is 0 Å². The first kappa shape index (κ1) is 13.3. The third-order valence-electron chi connectivity index (χ3n) is 1.94. The molecule has 0 saturated carbocycles. The molecule has 3 nitrogen and oxygen atoms in total. The predicted octanol–water partition coefficient (Wildman–Crippen LogP) is 2.61. The molecule has 0 spiro atoms. The van der Waals surface area contributed by atoms with Gasteiger partial charge in [0, 0.05) is 18.4 Å². The zero-order valence-electron chi connectivity index (χ0n) is 9.19. The molecule has 4 heteroatoms. The third-order valence-corrected chi connectivity index (χ3v) is 2.51. The standard InChI is InChI=1S/C12H17BrO3/c13-7-3-9-15-11-5-1-2-6-12(11)16-10-4-8-14/h1-2,5-6,14H,3-4,7-10H2. The van der Waals surface area contributed by atoms with Gasteiger partial charge in [-0.2, -0.15) is 0 Å². The summed E-state index contributed by atoms with van der Waals surface area (Å²) < 4.78 is 11.1. The van der Waals surface area contributed by atoms with Crippen molar-refractivity contribution in [2.45, 2.75) is 12.8 Å². The lowest BCUT2D eigenvalue weighted by molar-refractivity contribution is 0.223. The number of benzene rings is 1. The van der Waals surface area contributed by atoms with Crippen LogP contribution >= 0.6 is 15.9 Å². The van der Waals surface area contributed by atoms with E-state index in [9.17, 15) is 0 Å². The maximum Gasteiger partial charge on any atom is 0.161 e. The minimum atomic E-state index is 0.145. The molecule has 1 aromatic carbocycles. The van der Waals surface area contributed by atoms with E-state index in [0.29, 0.717) is 19.6 Å². The van der Waals surface area contributed by atoms with Gasteiger partial charge in [0.15, 0.2) is 11.5 Å². The summed E-state index contributed by atoms with van der Waals surface area (Å²) in [6.45, 7) is 1.33. The number of para-hydroxylation sites is 2. The van der Waals surface area contributed by atoms with E-state index in [1.54, 1.807) is 0 Å². The number of aliphatic hydroxyl groups excluding tert-OH is 1. The highest BCUT2D eigenvalue weighted by Gasteiger charge is 2.03. The van der Waals surface area contributed by atoms with Crippen LogP contribution in [0.5, 0.6) is 11.5 Å². The Morgan fingerprint density at radius 1 is 1.00 bits per heavy atom. The van der Waals surface area contributed by atoms with Crippen molar-refractivity contribution in [1.82, 2.24) is 0 Å². The van der Waals surface area contributed by atoms with Crippen LogP contribution in [0.4, 0.5) is 0 Å². The minimum absolute atomic E-state index is 0.145. The third kappa shape index (κ3) is 4.86. The number of alkyl halides is 1. The SMILES string of the molecule is OCCCOc1ccccc1OCCCBr. The Morgan fingerprint density at radius 3 is 2.06 bits per heavy atom. The molecular formula is C12H17BrO3. The molecule has 90 valence electrons. The zero-order valence-corrected chi connectivity index (χ0v) is 10.8. The van der Waals surface area contributed by atoms with Gasteiger partial charge in [-0.25, -0.2) is 0 Å². The molecule has 1 N–H and O–H groups in total. The highest BCUT2D eigenvalue weighted by molar-refractivity contribution is 9.09. The molecule has 0 amide bonds. The lowest BCUT2D eigenvalue weighted by Crippen LogP contribution is -2.03. The highest BCUT2D eigenvalue weighted by atomic mass is 79.9. The first-order valence-electron chi connectivity index (χ1n) is 5.40. The molecule has 0 radical (unpaired) electrons. The summed E-state index contributed by atoms with van der Waals surface area (Å²) >= 11 is 3.35. The van der Waals surface area contributed by atoms with Crippen LogP contribution in [0.15, 0.2) is 24.3 Å². The van der Waals surface area contributed by atoms with Crippen LogP contribution in [0.2, 0.25) is 0 Å². The molecule has 1 rings (SSSR count). The smallest absolute Gasteiger partial charge is 0.161 e. The average Bonchev–Trinajstić information content (AvgIpc) is 2.32. The Hall–Kier alpha value is -0.740. The van der Waals surface area contributed by atoms with Crippen LogP contribution < -0.4 is 9.47 Å². The molecule has 0 saturated heterocycles. The van der Waals surface area contributed by atoms with Gasteiger partial charge in [-0.15, -0.1) is 0 Å². The van der Waals surface area contributed by atoms with E-state index in [1.807, 2.05) is 24.3 Å². The van der Waals surface area contributed by atoms with E-state index >= 15 is 0 Å². The largest absolute Gasteiger partial charge is 0.490 e. The molecule has 0 heterocycles. The maximum absolute atomic E-state index is 8.67. The molecular weight excluding hydrogens is 272 g/mol. The molecule has 16 heavy (non-hydrogen) atoms. The summed E-state index contributed by atoms with van der Waals surface area (Å²) in [6.07, 6.45) is 1.60. The van der Waals surface area contributed by atoms with Crippen LogP contribution in [-0.2, 0) is 0 Å². The van der Waals surface area contributed by atoms with Crippen molar-refractivity contribution in [2.75, 3.05) is 25.2 Å². The van der Waals surface area contributed by atoms with Crippen molar-refractivity contribution in [3.05, 3.63) is 24.3 Å². The van der Waals surface area contributed by atoms with Gasteiger partial charge in [-0.1, -0.05) is 28.1 Å². The fourth-order valence-corrected chi connectivity index (χ4v) is 1.40. The Kier molecular flexibility index (Phi) is 7.01. The number of ether oxygens (including phenoxy) is 2. The second-order valence-electron chi connectivity index (χ2n) is 3.26. The first-order chi connectivity index (χ1) is 7.88. The quantitative estimate of drug-likeness (QED) is 0.590. The zero-order chi connectivity index (χ0) is 11.6. The molecule has 0 atom stereocenters. The Bertz CT molecular complexity index is 262. The fraction of sp³-hybridized carbons (Fsp3) is 0.500. The Labute approximate surface area is 105 Å². The molecule has 0 aliphatic heterocycles. The molecule has 0 unspecified atom stereocenters. The molecule has 0 fully saturated rings. The molecule has 1 aromatic rings. The summed E-state index contributed by atoms with van der Waals surface area (Å²) in [5.74, 6) is 1.51. The predicted molar refractivity (Wildman–Crippen MR) is 67.5 cm³/mol. The maximum atomic E-state index is 8.67. The Morgan fingerprint density at radius 2 is 1.56 bits per heavy atom. The molecule has 0 aromatic heterocycles. The van der Waals surface area contributed by atoms with E-state index in [2.05, 4.69) is 15.9 Å². The van der Waals surface area contributed by atoms with Gasteiger partial charge >= 0.3 is 0 Å². The summed E-state index contributed by atoms with van der Waals surface area (Å²) in [5.41, 5.74) is 0. The van der Waals surface area contributed by atoms with E-state index in [0.717, 1.165) is 23.2 Å². The van der Waals surface area contributed by atoms with Crippen LogP contribution in [0.1, 0.15) is 12.8 Å². The first-order valence-corrected chi connectivity index (χ1v) is 6.52. The summed E-state index contributed by atoms with van der Waals surface area (Å²) in [5, 5.41) is 9.60. The summed E-state index contributed by atoms with van der Waals surface area (Å²) in [4.78, 5) is 0. The van der Waals surface area contributed by atoms with Crippen molar-refractivity contribution in [1.29, 1.82) is 0 Å².